The number of ether oxygens (including phenoxy) is 1. The second-order valence-electron chi connectivity index (χ2n) is 8.35. The largest absolute Gasteiger partial charge is 0.449 e. The third-order valence-electron chi connectivity index (χ3n) is 5.88. The molecule has 0 spiro atoms. The fraction of sp³-hybridized carbons (Fsp3) is 0.138. The van der Waals surface area contributed by atoms with Gasteiger partial charge in [0, 0.05) is 16.6 Å². The van der Waals surface area contributed by atoms with Crippen molar-refractivity contribution >= 4 is 49.9 Å². The van der Waals surface area contributed by atoms with Crippen molar-refractivity contribution < 1.29 is 14.3 Å². The number of hydrogen-bond donors (Lipinski definition) is 1. The van der Waals surface area contributed by atoms with Crippen molar-refractivity contribution in [2.45, 2.75) is 26.4 Å². The van der Waals surface area contributed by atoms with Crippen LogP contribution in [0, 0.1) is 6.92 Å². The van der Waals surface area contributed by atoms with Crippen molar-refractivity contribution in [3.63, 3.8) is 0 Å². The van der Waals surface area contributed by atoms with Gasteiger partial charge in [-0.1, -0.05) is 67.1 Å². The molecular weight excluding hydrogens is 456 g/mol. The fourth-order valence-electron chi connectivity index (χ4n) is 4.05. The van der Waals surface area contributed by atoms with Gasteiger partial charge in [0.2, 0.25) is 0 Å². The average molecular weight is 481 g/mol. The van der Waals surface area contributed by atoms with Crippen molar-refractivity contribution in [3.05, 3.63) is 96.1 Å². The van der Waals surface area contributed by atoms with Gasteiger partial charge in [-0.05, 0) is 49.1 Å². The molecule has 1 unspecified atom stereocenters. The molecule has 1 aromatic heterocycles. The van der Waals surface area contributed by atoms with E-state index in [2.05, 4.69) is 5.32 Å². The van der Waals surface area contributed by atoms with Crippen LogP contribution in [0.1, 0.15) is 29.3 Å². The monoisotopic (exact) mass is 480 g/mol. The van der Waals surface area contributed by atoms with Gasteiger partial charge in [0.05, 0.1) is 15.8 Å². The Morgan fingerprint density at radius 3 is 2.43 bits per heavy atom. The van der Waals surface area contributed by atoms with Gasteiger partial charge in [-0.2, -0.15) is 0 Å². The number of thiazole rings is 1. The molecule has 0 aliphatic carbocycles. The van der Waals surface area contributed by atoms with E-state index in [4.69, 9.17) is 9.72 Å². The summed E-state index contributed by atoms with van der Waals surface area (Å²) >= 11 is 1.58. The van der Waals surface area contributed by atoms with Gasteiger partial charge in [-0.3, -0.25) is 4.79 Å². The van der Waals surface area contributed by atoms with Gasteiger partial charge >= 0.3 is 5.97 Å². The zero-order chi connectivity index (χ0) is 24.4. The minimum absolute atomic E-state index is 0.351. The molecule has 5 rings (SSSR count). The summed E-state index contributed by atoms with van der Waals surface area (Å²) in [6.07, 6.45) is -0.549. The normalized spacial score (nSPS) is 11.9. The molecule has 0 bridgehead atoms. The van der Waals surface area contributed by atoms with E-state index in [-0.39, 0.29) is 5.91 Å². The Morgan fingerprint density at radius 1 is 0.943 bits per heavy atom. The van der Waals surface area contributed by atoms with Gasteiger partial charge in [-0.15, -0.1) is 11.3 Å². The number of rotatable bonds is 6. The maximum Gasteiger partial charge on any atom is 0.339 e. The Labute approximate surface area is 207 Å². The summed E-state index contributed by atoms with van der Waals surface area (Å²) in [5.74, 6) is -0.883. The van der Waals surface area contributed by atoms with Crippen LogP contribution in [0.15, 0.2) is 84.9 Å². The number of amides is 1. The number of nitrogens with one attached hydrogen (secondary N) is 1. The van der Waals surface area contributed by atoms with Crippen LogP contribution < -0.4 is 5.32 Å². The van der Waals surface area contributed by atoms with E-state index in [0.29, 0.717) is 17.7 Å². The quantitative estimate of drug-likeness (QED) is 0.266. The number of aromatic nitrogens is 1. The summed E-state index contributed by atoms with van der Waals surface area (Å²) in [4.78, 5) is 31.0. The number of carbonyl (C=O) groups excluding carboxylic acids is 2. The topological polar surface area (TPSA) is 68.3 Å². The molecule has 1 heterocycles. The molecule has 0 radical (unpaired) electrons. The van der Waals surface area contributed by atoms with E-state index < -0.39 is 12.1 Å². The van der Waals surface area contributed by atoms with Gasteiger partial charge in [0.25, 0.3) is 5.91 Å². The van der Waals surface area contributed by atoms with Gasteiger partial charge in [0.1, 0.15) is 5.01 Å². The number of anilines is 1. The molecule has 0 fully saturated rings. The van der Waals surface area contributed by atoms with Crippen LogP contribution in [0.5, 0.6) is 0 Å². The lowest BCUT2D eigenvalue weighted by atomic mass is 9.99. The minimum Gasteiger partial charge on any atom is -0.449 e. The predicted octanol–water partition coefficient (Wildman–Crippen LogP) is 7.00. The Hall–Kier alpha value is -4.03. The van der Waals surface area contributed by atoms with Gasteiger partial charge < -0.3 is 10.1 Å². The fourth-order valence-corrected chi connectivity index (χ4v) is 5.05. The molecule has 35 heavy (non-hydrogen) atoms. The molecule has 0 saturated heterocycles. The molecule has 4 aromatic carbocycles. The molecule has 1 N–H and O–H groups in total. The van der Waals surface area contributed by atoms with Crippen LogP contribution in [0.2, 0.25) is 0 Å². The maximum absolute atomic E-state index is 13.4. The molecule has 6 heteroatoms. The molecule has 5 nitrogen and oxygen atoms in total. The number of aryl methyl sites for hydroxylation is 1. The first kappa shape index (κ1) is 22.7. The predicted molar refractivity (Wildman–Crippen MR) is 142 cm³/mol. The van der Waals surface area contributed by atoms with Crippen molar-refractivity contribution in [3.8, 4) is 10.6 Å². The first-order valence-corrected chi connectivity index (χ1v) is 12.3. The molecule has 5 aromatic rings. The van der Waals surface area contributed by atoms with Crippen molar-refractivity contribution in [2.24, 2.45) is 0 Å². The van der Waals surface area contributed by atoms with Crippen molar-refractivity contribution in [1.82, 2.24) is 4.98 Å². The van der Waals surface area contributed by atoms with E-state index in [1.165, 1.54) is 0 Å². The maximum atomic E-state index is 13.4. The zero-order valence-electron chi connectivity index (χ0n) is 19.4. The smallest absolute Gasteiger partial charge is 0.339 e. The summed E-state index contributed by atoms with van der Waals surface area (Å²) in [6.45, 7) is 3.80. The van der Waals surface area contributed by atoms with Crippen LogP contribution in [0.25, 0.3) is 31.6 Å². The Bertz CT molecular complexity index is 1500. The van der Waals surface area contributed by atoms with Crippen molar-refractivity contribution in [2.75, 3.05) is 5.32 Å². The Balaban J connectivity index is 1.47. The molecule has 0 aliphatic heterocycles. The van der Waals surface area contributed by atoms with E-state index in [1.807, 2.05) is 92.7 Å². The van der Waals surface area contributed by atoms with Crippen LogP contribution in [-0.2, 0) is 9.53 Å². The van der Waals surface area contributed by atoms with Crippen LogP contribution in [0.4, 0.5) is 5.69 Å². The minimum atomic E-state index is -0.909. The highest BCUT2D eigenvalue weighted by Crippen LogP contribution is 2.36. The van der Waals surface area contributed by atoms with Crippen LogP contribution in [0.3, 0.4) is 0 Å². The Morgan fingerprint density at radius 2 is 1.69 bits per heavy atom. The van der Waals surface area contributed by atoms with E-state index >= 15 is 0 Å². The summed E-state index contributed by atoms with van der Waals surface area (Å²) < 4.78 is 6.82. The second-order valence-corrected chi connectivity index (χ2v) is 9.38. The lowest BCUT2D eigenvalue weighted by Crippen LogP contribution is -2.32. The Kier molecular flexibility index (Phi) is 6.29. The lowest BCUT2D eigenvalue weighted by molar-refractivity contribution is -0.124. The van der Waals surface area contributed by atoms with Crippen molar-refractivity contribution in [1.29, 1.82) is 0 Å². The number of benzene rings is 4. The molecule has 1 amide bonds. The zero-order valence-corrected chi connectivity index (χ0v) is 20.3. The van der Waals surface area contributed by atoms with E-state index in [9.17, 15) is 9.59 Å². The van der Waals surface area contributed by atoms with Crippen LogP contribution in [-0.4, -0.2) is 23.0 Å². The first-order valence-electron chi connectivity index (χ1n) is 11.5. The third kappa shape index (κ3) is 4.66. The molecular formula is C29H24N2O3S. The second kappa shape index (κ2) is 9.68. The summed E-state index contributed by atoms with van der Waals surface area (Å²) in [7, 11) is 0. The van der Waals surface area contributed by atoms with Crippen LogP contribution >= 0.6 is 11.3 Å². The van der Waals surface area contributed by atoms with E-state index in [1.54, 1.807) is 17.4 Å². The third-order valence-corrected chi connectivity index (χ3v) is 6.95. The first-order chi connectivity index (χ1) is 17.0. The molecule has 0 aliphatic rings. The average Bonchev–Trinajstić information content (AvgIpc) is 3.32. The number of carbonyl (C=O) groups is 2. The number of fused-ring (bicyclic) bond motifs is 2. The number of nitrogens with zero attached hydrogens (tertiary/aromatic N) is 1. The standard InChI is InChI=1S/C29H24N2O3S/c1-3-24(27(32)30-20-16-14-18(2)15-17-20)34-29(33)22-11-7-9-19-8-6-10-21(26(19)22)28-31-23-12-4-5-13-25(23)35-28/h4-17,24H,3H2,1-2H3,(H,30,32). The lowest BCUT2D eigenvalue weighted by Gasteiger charge is -2.17. The number of para-hydroxylation sites is 1. The molecule has 0 saturated carbocycles. The molecule has 1 atom stereocenters. The molecule has 174 valence electrons. The summed E-state index contributed by atoms with van der Waals surface area (Å²) in [5, 5.41) is 5.36. The summed E-state index contributed by atoms with van der Waals surface area (Å²) in [6, 6.07) is 26.9. The highest BCUT2D eigenvalue weighted by atomic mass is 32.1. The van der Waals surface area contributed by atoms with Gasteiger partial charge in [0.15, 0.2) is 6.10 Å². The highest BCUT2D eigenvalue weighted by Gasteiger charge is 2.24. The number of esters is 1. The van der Waals surface area contributed by atoms with E-state index in [0.717, 1.165) is 37.1 Å². The summed E-state index contributed by atoms with van der Waals surface area (Å²) in [5.41, 5.74) is 3.97. The highest BCUT2D eigenvalue weighted by molar-refractivity contribution is 7.21. The van der Waals surface area contributed by atoms with Gasteiger partial charge in [-0.25, -0.2) is 9.78 Å². The SMILES string of the molecule is CCC(OC(=O)c1cccc2cccc(-c3nc4ccccc4s3)c12)C(=O)Nc1ccc(C)cc1. The number of hydrogen-bond acceptors (Lipinski definition) is 5.